The summed E-state index contributed by atoms with van der Waals surface area (Å²) in [4.78, 5) is 24.6. The summed E-state index contributed by atoms with van der Waals surface area (Å²) in [5.41, 5.74) is 2.34. The summed E-state index contributed by atoms with van der Waals surface area (Å²) in [5, 5.41) is 14.8. The van der Waals surface area contributed by atoms with Crippen molar-refractivity contribution in [3.05, 3.63) is 87.7 Å². The average Bonchev–Trinajstić information content (AvgIpc) is 3.10. The number of nitro groups is 1. The molecule has 0 atom stereocenters. The Morgan fingerprint density at radius 1 is 1.21 bits per heavy atom. The molecule has 1 amide bonds. The molecule has 0 saturated heterocycles. The van der Waals surface area contributed by atoms with Gasteiger partial charge in [-0.1, -0.05) is 12.1 Å². The van der Waals surface area contributed by atoms with Crippen LogP contribution in [-0.4, -0.2) is 32.6 Å². The second kappa shape index (κ2) is 8.34. The van der Waals surface area contributed by atoms with Gasteiger partial charge in [-0.15, -0.1) is 0 Å². The summed E-state index contributed by atoms with van der Waals surface area (Å²) in [7, 11) is 3.58. The van der Waals surface area contributed by atoms with Crippen molar-refractivity contribution in [2.75, 3.05) is 7.05 Å². The third-order valence-electron chi connectivity index (χ3n) is 4.30. The van der Waals surface area contributed by atoms with Crippen LogP contribution < -0.4 is 4.74 Å². The maximum Gasteiger partial charge on any atom is 0.269 e. The number of nitrogens with zero attached hydrogens (tertiary/aromatic N) is 4. The van der Waals surface area contributed by atoms with E-state index in [1.807, 2.05) is 19.2 Å². The Hall–Kier alpha value is -3.68. The summed E-state index contributed by atoms with van der Waals surface area (Å²) in [6.07, 6.45) is 1.70. The average molecular weight is 380 g/mol. The van der Waals surface area contributed by atoms with Crippen LogP contribution in [0.15, 0.2) is 60.8 Å². The van der Waals surface area contributed by atoms with Gasteiger partial charge in [0.25, 0.3) is 11.6 Å². The fourth-order valence-corrected chi connectivity index (χ4v) is 2.72. The molecule has 0 saturated carbocycles. The van der Waals surface area contributed by atoms with E-state index >= 15 is 0 Å². The smallest absolute Gasteiger partial charge is 0.269 e. The van der Waals surface area contributed by atoms with Crippen LogP contribution in [0.4, 0.5) is 5.69 Å². The Labute approximate surface area is 162 Å². The van der Waals surface area contributed by atoms with E-state index < -0.39 is 4.92 Å². The number of nitro benzene ring substituents is 1. The van der Waals surface area contributed by atoms with Crippen LogP contribution in [0.2, 0.25) is 0 Å². The van der Waals surface area contributed by atoms with Gasteiger partial charge in [0.1, 0.15) is 12.4 Å². The molecule has 0 aliphatic rings. The Morgan fingerprint density at radius 2 is 1.96 bits per heavy atom. The van der Waals surface area contributed by atoms with Crippen molar-refractivity contribution >= 4 is 11.6 Å². The second-order valence-electron chi connectivity index (χ2n) is 6.35. The van der Waals surface area contributed by atoms with E-state index in [-0.39, 0.29) is 18.2 Å². The fraction of sp³-hybridized carbons (Fsp3) is 0.200. The first kappa shape index (κ1) is 19.1. The van der Waals surface area contributed by atoms with Crippen LogP contribution in [0, 0.1) is 10.1 Å². The molecule has 3 aromatic rings. The van der Waals surface area contributed by atoms with Gasteiger partial charge >= 0.3 is 0 Å². The molecule has 0 unspecified atom stereocenters. The third-order valence-corrected chi connectivity index (χ3v) is 4.30. The van der Waals surface area contributed by atoms with E-state index in [2.05, 4.69) is 5.10 Å². The van der Waals surface area contributed by atoms with E-state index in [0.717, 1.165) is 11.3 Å². The summed E-state index contributed by atoms with van der Waals surface area (Å²) in [5.74, 6) is 0.425. The minimum atomic E-state index is -0.457. The monoisotopic (exact) mass is 380 g/mol. The summed E-state index contributed by atoms with van der Waals surface area (Å²) < 4.78 is 7.40. The maximum absolute atomic E-state index is 12.7. The van der Waals surface area contributed by atoms with Crippen molar-refractivity contribution in [1.29, 1.82) is 0 Å². The Morgan fingerprint density at radius 3 is 2.61 bits per heavy atom. The summed E-state index contributed by atoms with van der Waals surface area (Å²) in [6, 6.07) is 15.0. The molecular weight excluding hydrogens is 360 g/mol. The van der Waals surface area contributed by atoms with E-state index in [0.29, 0.717) is 17.9 Å². The van der Waals surface area contributed by atoms with Crippen LogP contribution in [0.25, 0.3) is 0 Å². The molecule has 144 valence electrons. The maximum atomic E-state index is 12.7. The Bertz CT molecular complexity index is 982. The highest BCUT2D eigenvalue weighted by Crippen LogP contribution is 2.19. The number of rotatable bonds is 7. The SMILES string of the molecule is CN(Cc1ccnn1C)C(=O)c1cccc(COc2ccc([N+](=O)[O-])cc2)c1. The first-order valence-corrected chi connectivity index (χ1v) is 8.62. The Kier molecular flexibility index (Phi) is 5.69. The number of hydrogen-bond acceptors (Lipinski definition) is 5. The number of hydrogen-bond donors (Lipinski definition) is 0. The lowest BCUT2D eigenvalue weighted by Crippen LogP contribution is -2.27. The zero-order chi connectivity index (χ0) is 20.1. The van der Waals surface area contributed by atoms with E-state index in [1.165, 1.54) is 12.1 Å². The normalized spacial score (nSPS) is 10.5. The molecule has 2 aromatic carbocycles. The predicted octanol–water partition coefficient (Wildman–Crippen LogP) is 3.18. The topological polar surface area (TPSA) is 90.5 Å². The van der Waals surface area contributed by atoms with E-state index in [9.17, 15) is 14.9 Å². The van der Waals surface area contributed by atoms with Crippen molar-refractivity contribution in [3.63, 3.8) is 0 Å². The van der Waals surface area contributed by atoms with Crippen molar-refractivity contribution in [1.82, 2.24) is 14.7 Å². The quantitative estimate of drug-likeness (QED) is 0.464. The predicted molar refractivity (Wildman–Crippen MR) is 103 cm³/mol. The molecule has 0 fully saturated rings. The first-order chi connectivity index (χ1) is 13.4. The standard InChI is InChI=1S/C20H20N4O4/c1-22(13-18-10-11-21-23(18)2)20(25)16-5-3-4-15(12-16)14-28-19-8-6-17(7-9-19)24(26)27/h3-12H,13-14H2,1-2H3. The number of aryl methyl sites for hydroxylation is 1. The molecule has 28 heavy (non-hydrogen) atoms. The molecule has 1 aromatic heterocycles. The number of carbonyl (C=O) groups is 1. The van der Waals surface area contributed by atoms with Gasteiger partial charge in [-0.3, -0.25) is 19.6 Å². The van der Waals surface area contributed by atoms with Gasteiger partial charge in [0.15, 0.2) is 0 Å². The molecule has 0 spiro atoms. The number of amides is 1. The molecule has 0 N–H and O–H groups in total. The molecule has 3 rings (SSSR count). The van der Waals surface area contributed by atoms with Gasteiger partial charge < -0.3 is 9.64 Å². The van der Waals surface area contributed by atoms with Gasteiger partial charge in [0.2, 0.25) is 0 Å². The van der Waals surface area contributed by atoms with Crippen molar-refractivity contribution in [3.8, 4) is 5.75 Å². The van der Waals surface area contributed by atoms with Gasteiger partial charge in [-0.25, -0.2) is 0 Å². The van der Waals surface area contributed by atoms with Crippen molar-refractivity contribution in [2.45, 2.75) is 13.2 Å². The molecular formula is C20H20N4O4. The zero-order valence-electron chi connectivity index (χ0n) is 15.6. The molecule has 0 aliphatic carbocycles. The van der Waals surface area contributed by atoms with Crippen molar-refractivity contribution < 1.29 is 14.5 Å². The van der Waals surface area contributed by atoms with E-state index in [4.69, 9.17) is 4.74 Å². The van der Waals surface area contributed by atoms with Crippen LogP contribution in [0.3, 0.4) is 0 Å². The molecule has 0 bridgehead atoms. The highest BCUT2D eigenvalue weighted by Gasteiger charge is 2.14. The lowest BCUT2D eigenvalue weighted by Gasteiger charge is -2.17. The van der Waals surface area contributed by atoms with E-state index in [1.54, 1.807) is 53.2 Å². The largest absolute Gasteiger partial charge is 0.489 e. The van der Waals surface area contributed by atoms with Gasteiger partial charge in [-0.05, 0) is 35.9 Å². The van der Waals surface area contributed by atoms with Crippen LogP contribution >= 0.6 is 0 Å². The van der Waals surface area contributed by atoms with Gasteiger partial charge in [0.05, 0.1) is 17.2 Å². The lowest BCUT2D eigenvalue weighted by molar-refractivity contribution is -0.384. The second-order valence-corrected chi connectivity index (χ2v) is 6.35. The van der Waals surface area contributed by atoms with Crippen LogP contribution in [-0.2, 0) is 20.2 Å². The lowest BCUT2D eigenvalue weighted by atomic mass is 10.1. The minimum absolute atomic E-state index is 0.0106. The first-order valence-electron chi connectivity index (χ1n) is 8.62. The summed E-state index contributed by atoms with van der Waals surface area (Å²) in [6.45, 7) is 0.712. The van der Waals surface area contributed by atoms with Crippen molar-refractivity contribution in [2.24, 2.45) is 7.05 Å². The molecule has 0 radical (unpaired) electrons. The van der Waals surface area contributed by atoms with Crippen LogP contribution in [0.1, 0.15) is 21.6 Å². The molecule has 0 aliphatic heterocycles. The fourth-order valence-electron chi connectivity index (χ4n) is 2.72. The molecule has 8 heteroatoms. The van der Waals surface area contributed by atoms with Gasteiger partial charge in [-0.2, -0.15) is 5.10 Å². The number of ether oxygens (including phenoxy) is 1. The van der Waals surface area contributed by atoms with Gasteiger partial charge in [0, 0.05) is 38.0 Å². The number of non-ortho nitro benzene ring substituents is 1. The zero-order valence-corrected chi connectivity index (χ0v) is 15.6. The number of aromatic nitrogens is 2. The Balaban J connectivity index is 1.63. The highest BCUT2D eigenvalue weighted by atomic mass is 16.6. The minimum Gasteiger partial charge on any atom is -0.489 e. The summed E-state index contributed by atoms with van der Waals surface area (Å²) >= 11 is 0. The number of carbonyl (C=O) groups excluding carboxylic acids is 1. The molecule has 8 nitrogen and oxygen atoms in total. The number of benzene rings is 2. The highest BCUT2D eigenvalue weighted by molar-refractivity contribution is 5.94. The molecule has 1 heterocycles. The third kappa shape index (κ3) is 4.53. The van der Waals surface area contributed by atoms with Crippen LogP contribution in [0.5, 0.6) is 5.75 Å².